The van der Waals surface area contributed by atoms with Gasteiger partial charge in [0.15, 0.2) is 0 Å². The van der Waals surface area contributed by atoms with E-state index < -0.39 is 11.7 Å². The van der Waals surface area contributed by atoms with E-state index in [0.717, 1.165) is 18.4 Å². The fourth-order valence-corrected chi connectivity index (χ4v) is 2.84. The van der Waals surface area contributed by atoms with Gasteiger partial charge in [-0.25, -0.2) is 0 Å². The topological polar surface area (TPSA) is 29.5 Å². The van der Waals surface area contributed by atoms with Crippen molar-refractivity contribution in [1.29, 1.82) is 0 Å². The molecule has 1 atom stereocenters. The van der Waals surface area contributed by atoms with Gasteiger partial charge in [0.1, 0.15) is 6.10 Å². The lowest BCUT2D eigenvalue weighted by atomic mass is 9.87. The van der Waals surface area contributed by atoms with Crippen molar-refractivity contribution in [3.05, 3.63) is 21.9 Å². The third-order valence-electron chi connectivity index (χ3n) is 3.19. The summed E-state index contributed by atoms with van der Waals surface area (Å²) in [7, 11) is 0. The monoisotopic (exact) mass is 242 g/mol. The van der Waals surface area contributed by atoms with Crippen molar-refractivity contribution in [2.75, 3.05) is 6.61 Å². The molecule has 0 aromatic carbocycles. The zero-order chi connectivity index (χ0) is 12.2. The molecular formula is C13H22O2S. The summed E-state index contributed by atoms with van der Waals surface area (Å²) in [4.78, 5) is 1.23. The summed E-state index contributed by atoms with van der Waals surface area (Å²) in [5.74, 6) is 0. The van der Waals surface area contributed by atoms with E-state index in [1.807, 2.05) is 12.3 Å². The van der Waals surface area contributed by atoms with E-state index in [1.54, 1.807) is 11.3 Å². The lowest BCUT2D eigenvalue weighted by Crippen LogP contribution is -2.38. The molecular weight excluding hydrogens is 220 g/mol. The number of aliphatic hydroxyl groups is 1. The molecule has 16 heavy (non-hydrogen) atoms. The Kier molecular flexibility index (Phi) is 4.96. The van der Waals surface area contributed by atoms with Gasteiger partial charge in [0, 0.05) is 11.5 Å². The van der Waals surface area contributed by atoms with Crippen LogP contribution in [0.25, 0.3) is 0 Å². The molecule has 0 aliphatic carbocycles. The van der Waals surface area contributed by atoms with Gasteiger partial charge in [-0.15, -0.1) is 11.3 Å². The van der Waals surface area contributed by atoms with Crippen LogP contribution in [-0.4, -0.2) is 17.3 Å². The van der Waals surface area contributed by atoms with E-state index in [9.17, 15) is 5.11 Å². The van der Waals surface area contributed by atoms with Crippen LogP contribution in [0.3, 0.4) is 0 Å². The number of rotatable bonds is 6. The molecule has 2 nitrogen and oxygen atoms in total. The summed E-state index contributed by atoms with van der Waals surface area (Å²) in [6.45, 7) is 8.82. The van der Waals surface area contributed by atoms with Crippen molar-refractivity contribution in [2.24, 2.45) is 0 Å². The number of ether oxygens (including phenoxy) is 1. The van der Waals surface area contributed by atoms with Crippen LogP contribution in [0.15, 0.2) is 11.4 Å². The average Bonchev–Trinajstić information content (AvgIpc) is 2.72. The van der Waals surface area contributed by atoms with Gasteiger partial charge >= 0.3 is 0 Å². The molecule has 1 unspecified atom stereocenters. The molecule has 0 saturated carbocycles. The van der Waals surface area contributed by atoms with Gasteiger partial charge in [0.05, 0.1) is 5.60 Å². The molecule has 0 saturated heterocycles. The van der Waals surface area contributed by atoms with E-state index in [4.69, 9.17) is 4.74 Å². The molecule has 1 aromatic heterocycles. The molecule has 0 aliphatic rings. The van der Waals surface area contributed by atoms with Crippen molar-refractivity contribution in [1.82, 2.24) is 0 Å². The molecule has 1 rings (SSSR count). The number of aliphatic hydroxyl groups excluding tert-OH is 1. The molecule has 1 heterocycles. The predicted molar refractivity (Wildman–Crippen MR) is 69.0 cm³/mol. The first-order valence-electron chi connectivity index (χ1n) is 5.96. The Morgan fingerprint density at radius 1 is 1.38 bits per heavy atom. The summed E-state index contributed by atoms with van der Waals surface area (Å²) in [5, 5.41) is 12.5. The Labute approximate surface area is 102 Å². The fraction of sp³-hybridized carbons (Fsp3) is 0.692. The Hall–Kier alpha value is -0.380. The van der Waals surface area contributed by atoms with Gasteiger partial charge < -0.3 is 9.84 Å². The molecule has 0 fully saturated rings. The van der Waals surface area contributed by atoms with Crippen LogP contribution in [0.2, 0.25) is 0 Å². The van der Waals surface area contributed by atoms with Crippen molar-refractivity contribution >= 4 is 11.3 Å². The van der Waals surface area contributed by atoms with Crippen LogP contribution in [0.1, 0.15) is 50.2 Å². The van der Waals surface area contributed by atoms with Crippen LogP contribution in [-0.2, 0) is 4.74 Å². The second kappa shape index (κ2) is 5.80. The van der Waals surface area contributed by atoms with Crippen LogP contribution < -0.4 is 0 Å². The first kappa shape index (κ1) is 13.7. The molecule has 3 heteroatoms. The normalized spacial score (nSPS) is 14.1. The number of thiophene rings is 1. The van der Waals surface area contributed by atoms with Gasteiger partial charge in [-0.1, -0.05) is 13.8 Å². The molecule has 0 spiro atoms. The highest BCUT2D eigenvalue weighted by Crippen LogP contribution is 2.36. The zero-order valence-electron chi connectivity index (χ0n) is 10.6. The molecule has 0 radical (unpaired) electrons. The highest BCUT2D eigenvalue weighted by atomic mass is 32.1. The van der Waals surface area contributed by atoms with Gasteiger partial charge in [-0.05, 0) is 43.7 Å². The van der Waals surface area contributed by atoms with Crippen LogP contribution in [0.5, 0.6) is 0 Å². The second-order valence-corrected chi connectivity index (χ2v) is 5.21. The van der Waals surface area contributed by atoms with Gasteiger partial charge in [0.25, 0.3) is 0 Å². The van der Waals surface area contributed by atoms with Gasteiger partial charge in [-0.2, -0.15) is 0 Å². The molecule has 92 valence electrons. The maximum Gasteiger partial charge on any atom is 0.109 e. The highest BCUT2D eigenvalue weighted by Gasteiger charge is 2.36. The van der Waals surface area contributed by atoms with Crippen molar-refractivity contribution < 1.29 is 9.84 Å². The molecule has 0 amide bonds. The van der Waals surface area contributed by atoms with Crippen LogP contribution >= 0.6 is 11.3 Å². The Bertz CT molecular complexity index is 315. The number of hydrogen-bond acceptors (Lipinski definition) is 3. The average molecular weight is 242 g/mol. The van der Waals surface area contributed by atoms with Gasteiger partial charge in [0.2, 0.25) is 0 Å². The quantitative estimate of drug-likeness (QED) is 0.824. The van der Waals surface area contributed by atoms with Crippen molar-refractivity contribution in [3.8, 4) is 0 Å². The lowest BCUT2D eigenvalue weighted by molar-refractivity contribution is -0.127. The summed E-state index contributed by atoms with van der Waals surface area (Å²) in [6.07, 6.45) is 1.13. The number of aryl methyl sites for hydroxylation is 1. The van der Waals surface area contributed by atoms with Crippen LogP contribution in [0.4, 0.5) is 0 Å². The Balaban J connectivity index is 2.94. The maximum atomic E-state index is 10.5. The fourth-order valence-electron chi connectivity index (χ4n) is 2.12. The SMILES string of the molecule is CCOC(CC)(CC)C(O)c1csc(C)c1. The van der Waals surface area contributed by atoms with E-state index in [2.05, 4.69) is 26.8 Å². The standard InChI is InChI=1S/C13H22O2S/c1-5-13(6-2,15-7-3)12(14)11-8-10(4)16-9-11/h8-9,12,14H,5-7H2,1-4H3. The smallest absolute Gasteiger partial charge is 0.109 e. The minimum Gasteiger partial charge on any atom is -0.385 e. The largest absolute Gasteiger partial charge is 0.385 e. The minimum absolute atomic E-state index is 0.428. The van der Waals surface area contributed by atoms with Crippen molar-refractivity contribution in [2.45, 2.75) is 52.2 Å². The third-order valence-corrected chi connectivity index (χ3v) is 4.07. The third kappa shape index (κ3) is 2.65. The number of hydrogen-bond donors (Lipinski definition) is 1. The summed E-state index contributed by atoms with van der Waals surface area (Å²) in [6, 6.07) is 2.05. The molecule has 0 aliphatic heterocycles. The summed E-state index contributed by atoms with van der Waals surface area (Å²) in [5.41, 5.74) is 0.557. The van der Waals surface area contributed by atoms with E-state index >= 15 is 0 Å². The van der Waals surface area contributed by atoms with E-state index in [-0.39, 0.29) is 0 Å². The van der Waals surface area contributed by atoms with E-state index in [1.165, 1.54) is 4.88 Å². The Morgan fingerprint density at radius 2 is 2.00 bits per heavy atom. The first-order chi connectivity index (χ1) is 7.59. The predicted octanol–water partition coefficient (Wildman–Crippen LogP) is 3.69. The molecule has 0 bridgehead atoms. The van der Waals surface area contributed by atoms with E-state index in [0.29, 0.717) is 6.61 Å². The molecule has 1 aromatic rings. The van der Waals surface area contributed by atoms with Crippen molar-refractivity contribution in [3.63, 3.8) is 0 Å². The maximum absolute atomic E-state index is 10.5. The zero-order valence-corrected chi connectivity index (χ0v) is 11.4. The molecule has 1 N–H and O–H groups in total. The highest BCUT2D eigenvalue weighted by molar-refractivity contribution is 7.10. The Morgan fingerprint density at radius 3 is 2.38 bits per heavy atom. The first-order valence-corrected chi connectivity index (χ1v) is 6.84. The van der Waals surface area contributed by atoms with Crippen LogP contribution in [0, 0.1) is 6.92 Å². The lowest BCUT2D eigenvalue weighted by Gasteiger charge is -2.36. The van der Waals surface area contributed by atoms with Gasteiger partial charge in [-0.3, -0.25) is 0 Å². The summed E-state index contributed by atoms with van der Waals surface area (Å²) < 4.78 is 5.81. The minimum atomic E-state index is -0.521. The second-order valence-electron chi connectivity index (χ2n) is 4.10. The summed E-state index contributed by atoms with van der Waals surface area (Å²) >= 11 is 1.67.